The normalized spacial score (nSPS) is 18.4. The van der Waals surface area contributed by atoms with Gasteiger partial charge in [-0.05, 0) is 43.3 Å². The van der Waals surface area contributed by atoms with Gasteiger partial charge in [0.2, 0.25) is 0 Å². The Morgan fingerprint density at radius 2 is 1.93 bits per heavy atom. The zero-order chi connectivity index (χ0) is 19.7. The number of hydrogen-bond donors (Lipinski definition) is 2. The van der Waals surface area contributed by atoms with Gasteiger partial charge in [-0.15, -0.1) is 13.2 Å². The van der Waals surface area contributed by atoms with Crippen LogP contribution in [0.3, 0.4) is 0 Å². The van der Waals surface area contributed by atoms with E-state index >= 15 is 0 Å². The van der Waals surface area contributed by atoms with E-state index < -0.39 is 12.7 Å². The van der Waals surface area contributed by atoms with Crippen LogP contribution in [-0.2, 0) is 0 Å². The van der Waals surface area contributed by atoms with E-state index in [4.69, 9.17) is 0 Å². The minimum Gasteiger partial charge on any atom is -0.406 e. The average Bonchev–Trinajstić information content (AvgIpc) is 3.05. The maximum atomic E-state index is 12.5. The number of amidine groups is 1. The molecule has 0 bridgehead atoms. The highest BCUT2D eigenvalue weighted by Crippen LogP contribution is 2.30. The summed E-state index contributed by atoms with van der Waals surface area (Å²) in [5.74, 6) is 0.386. The predicted octanol–water partition coefficient (Wildman–Crippen LogP) is 4.42. The molecule has 4 rings (SSSR count). The molecule has 0 radical (unpaired) electrons. The molecule has 2 aromatic rings. The lowest BCUT2D eigenvalue weighted by Gasteiger charge is -2.26. The van der Waals surface area contributed by atoms with Gasteiger partial charge in [-0.3, -0.25) is 5.01 Å². The lowest BCUT2D eigenvalue weighted by molar-refractivity contribution is -0.274. The molecule has 28 heavy (non-hydrogen) atoms. The van der Waals surface area contributed by atoms with Crippen LogP contribution in [0.2, 0.25) is 0 Å². The average molecular weight is 386 g/mol. The number of fused-ring (bicyclic) bond motifs is 1. The van der Waals surface area contributed by atoms with Gasteiger partial charge in [0.25, 0.3) is 0 Å². The smallest absolute Gasteiger partial charge is 0.406 e. The molecule has 8 heteroatoms. The Morgan fingerprint density at radius 1 is 1.14 bits per heavy atom. The molecule has 0 spiro atoms. The first-order chi connectivity index (χ1) is 13.4. The molecule has 1 unspecified atom stereocenters. The van der Waals surface area contributed by atoms with Crippen LogP contribution < -0.4 is 15.5 Å². The van der Waals surface area contributed by atoms with Gasteiger partial charge >= 0.3 is 6.36 Å². The van der Waals surface area contributed by atoms with Crippen molar-refractivity contribution in [1.82, 2.24) is 10.4 Å². The van der Waals surface area contributed by atoms with Crippen LogP contribution in [0.1, 0.15) is 11.1 Å². The van der Waals surface area contributed by atoms with Gasteiger partial charge in [-0.1, -0.05) is 35.9 Å². The third-order valence-corrected chi connectivity index (χ3v) is 4.20. The van der Waals surface area contributed by atoms with E-state index in [-0.39, 0.29) is 5.75 Å². The van der Waals surface area contributed by atoms with Crippen molar-refractivity contribution >= 4 is 17.2 Å². The molecule has 1 atom stereocenters. The Morgan fingerprint density at radius 3 is 2.68 bits per heavy atom. The van der Waals surface area contributed by atoms with Crippen LogP contribution >= 0.6 is 0 Å². The molecule has 0 saturated heterocycles. The fourth-order valence-electron chi connectivity index (χ4n) is 2.97. The molecule has 0 saturated carbocycles. The number of alkyl halides is 3. The molecule has 144 valence electrons. The minimum atomic E-state index is -4.74. The van der Waals surface area contributed by atoms with E-state index in [1.165, 1.54) is 18.2 Å². The van der Waals surface area contributed by atoms with E-state index in [9.17, 15) is 13.2 Å². The second-order valence-electron chi connectivity index (χ2n) is 6.35. The molecule has 0 aromatic heterocycles. The molecule has 0 fully saturated rings. The number of ether oxygens (including phenoxy) is 1. The molecule has 2 N–H and O–H groups in total. The maximum absolute atomic E-state index is 12.5. The van der Waals surface area contributed by atoms with Gasteiger partial charge < -0.3 is 10.1 Å². The van der Waals surface area contributed by atoms with E-state index in [1.54, 1.807) is 23.2 Å². The highest BCUT2D eigenvalue weighted by atomic mass is 19.4. The van der Waals surface area contributed by atoms with Crippen molar-refractivity contribution in [3.8, 4) is 5.75 Å². The predicted molar refractivity (Wildman–Crippen MR) is 101 cm³/mol. The van der Waals surface area contributed by atoms with Crippen LogP contribution in [0.5, 0.6) is 5.75 Å². The topological polar surface area (TPSA) is 48.9 Å². The molecule has 2 aromatic carbocycles. The Labute approximate surface area is 159 Å². The Balaban J connectivity index is 1.53. The molecule has 2 heterocycles. The number of aryl methyl sites for hydroxylation is 1. The number of allylic oxidation sites excluding steroid dienone is 2. The first-order valence-corrected chi connectivity index (χ1v) is 8.59. The van der Waals surface area contributed by atoms with Gasteiger partial charge in [-0.25, -0.2) is 4.99 Å². The molecule has 0 aliphatic carbocycles. The first-order valence-electron chi connectivity index (χ1n) is 8.59. The summed E-state index contributed by atoms with van der Waals surface area (Å²) in [6, 6.07) is 13.8. The molecule has 2 aliphatic rings. The van der Waals surface area contributed by atoms with Crippen LogP contribution in [-0.4, -0.2) is 23.5 Å². The van der Waals surface area contributed by atoms with Gasteiger partial charge in [-0.2, -0.15) is 5.43 Å². The summed E-state index contributed by atoms with van der Waals surface area (Å²) in [4.78, 5) is 4.57. The number of aliphatic imine (C=N–C) groups is 1. The number of benzene rings is 2. The van der Waals surface area contributed by atoms with Crippen LogP contribution in [0.4, 0.5) is 18.9 Å². The van der Waals surface area contributed by atoms with Gasteiger partial charge in [0.05, 0.1) is 5.70 Å². The molecular weight excluding hydrogens is 369 g/mol. The molecule has 5 nitrogen and oxygen atoms in total. The highest BCUT2D eigenvalue weighted by Gasteiger charge is 2.32. The standard InChI is InChI=1S/C20H17F3N4O/c1-13-8-10-15(11-9-13)24-19-25-18-7-3-6-17(27(18)26-19)14-4-2-5-16(12-14)28-20(21,22)23/h2-12,19,24,26H,1H3. The minimum absolute atomic E-state index is 0.271. The van der Waals surface area contributed by atoms with Crippen molar-refractivity contribution in [2.45, 2.75) is 19.6 Å². The summed E-state index contributed by atoms with van der Waals surface area (Å²) in [5, 5.41) is 5.00. The lowest BCUT2D eigenvalue weighted by atomic mass is 10.1. The zero-order valence-electron chi connectivity index (χ0n) is 14.9. The van der Waals surface area contributed by atoms with Crippen molar-refractivity contribution < 1.29 is 17.9 Å². The van der Waals surface area contributed by atoms with E-state index in [0.29, 0.717) is 17.1 Å². The number of nitrogens with one attached hydrogen (secondary N) is 2. The second kappa shape index (κ2) is 7.05. The summed E-state index contributed by atoms with van der Waals surface area (Å²) >= 11 is 0. The van der Waals surface area contributed by atoms with Crippen molar-refractivity contribution in [3.05, 3.63) is 77.9 Å². The first kappa shape index (κ1) is 18.1. The fourth-order valence-corrected chi connectivity index (χ4v) is 2.97. The van der Waals surface area contributed by atoms with E-state index in [0.717, 1.165) is 11.3 Å². The molecular formula is C20H17F3N4O. The van der Waals surface area contributed by atoms with Crippen LogP contribution in [0.25, 0.3) is 5.70 Å². The molecule has 2 aliphatic heterocycles. The Bertz CT molecular complexity index is 964. The maximum Gasteiger partial charge on any atom is 0.573 e. The van der Waals surface area contributed by atoms with Crippen molar-refractivity contribution in [3.63, 3.8) is 0 Å². The Kier molecular flexibility index (Phi) is 4.56. The van der Waals surface area contributed by atoms with Crippen LogP contribution in [0, 0.1) is 6.92 Å². The van der Waals surface area contributed by atoms with E-state index in [1.807, 2.05) is 37.3 Å². The van der Waals surface area contributed by atoms with Crippen molar-refractivity contribution in [1.29, 1.82) is 0 Å². The summed E-state index contributed by atoms with van der Waals surface area (Å²) in [5.41, 5.74) is 6.51. The van der Waals surface area contributed by atoms with Gasteiger partial charge in [0, 0.05) is 11.3 Å². The Hall–Kier alpha value is -3.26. The SMILES string of the molecule is Cc1ccc(NC2N=C3C=CC=C(c4cccc(OC(F)(F)F)c4)N3N2)cc1. The number of rotatable bonds is 4. The van der Waals surface area contributed by atoms with E-state index in [2.05, 4.69) is 20.5 Å². The fraction of sp³-hybridized carbons (Fsp3) is 0.150. The monoisotopic (exact) mass is 386 g/mol. The number of hydrogen-bond acceptors (Lipinski definition) is 5. The third kappa shape index (κ3) is 4.01. The number of hydrazine groups is 1. The summed E-state index contributed by atoms with van der Waals surface area (Å²) in [6.07, 6.45) is 0.286. The summed E-state index contributed by atoms with van der Waals surface area (Å²) in [7, 11) is 0. The van der Waals surface area contributed by atoms with Gasteiger partial charge in [0.1, 0.15) is 11.6 Å². The van der Waals surface area contributed by atoms with Crippen molar-refractivity contribution in [2.24, 2.45) is 4.99 Å². The van der Waals surface area contributed by atoms with Gasteiger partial charge in [0.15, 0.2) is 6.29 Å². The second-order valence-corrected chi connectivity index (χ2v) is 6.35. The zero-order valence-corrected chi connectivity index (χ0v) is 14.9. The lowest BCUT2D eigenvalue weighted by Crippen LogP contribution is -2.42. The van der Waals surface area contributed by atoms with Crippen LogP contribution in [0.15, 0.2) is 71.8 Å². The quantitative estimate of drug-likeness (QED) is 0.817. The highest BCUT2D eigenvalue weighted by molar-refractivity contribution is 6.02. The molecule has 0 amide bonds. The number of anilines is 1. The largest absolute Gasteiger partial charge is 0.573 e. The van der Waals surface area contributed by atoms with Crippen molar-refractivity contribution in [2.75, 3.05) is 5.32 Å². The number of halogens is 3. The summed E-state index contributed by atoms with van der Waals surface area (Å²) in [6.45, 7) is 2.01. The number of nitrogens with zero attached hydrogens (tertiary/aromatic N) is 2. The third-order valence-electron chi connectivity index (χ3n) is 4.20. The summed E-state index contributed by atoms with van der Waals surface area (Å²) < 4.78 is 41.6.